The maximum atomic E-state index is 12.9. The first-order valence-corrected chi connectivity index (χ1v) is 7.05. The van der Waals surface area contributed by atoms with Crippen molar-refractivity contribution in [3.05, 3.63) is 76.9 Å². The largest absolute Gasteiger partial charge is 0.488 e. The van der Waals surface area contributed by atoms with Crippen molar-refractivity contribution in [3.63, 3.8) is 0 Å². The van der Waals surface area contributed by atoms with Gasteiger partial charge in [0.25, 0.3) is 0 Å². The second kappa shape index (κ2) is 5.96. The summed E-state index contributed by atoms with van der Waals surface area (Å²) in [4.78, 5) is 24.4. The SMILES string of the molecule is O=C1C=C(COc2ccccc2C(F)(F)F)C(=O)c2ccccc21. The monoisotopic (exact) mass is 332 g/mol. The topological polar surface area (TPSA) is 43.4 Å². The summed E-state index contributed by atoms with van der Waals surface area (Å²) in [5.41, 5.74) is -0.397. The Morgan fingerprint density at radius 3 is 2.21 bits per heavy atom. The highest BCUT2D eigenvalue weighted by Gasteiger charge is 2.34. The second-order valence-corrected chi connectivity index (χ2v) is 5.19. The summed E-state index contributed by atoms with van der Waals surface area (Å²) in [5.74, 6) is -1.17. The number of halogens is 3. The van der Waals surface area contributed by atoms with Crippen LogP contribution in [0.2, 0.25) is 0 Å². The number of benzene rings is 2. The lowest BCUT2D eigenvalue weighted by molar-refractivity contribution is -0.138. The average Bonchev–Trinajstić information content (AvgIpc) is 2.56. The van der Waals surface area contributed by atoms with Gasteiger partial charge in [-0.15, -0.1) is 0 Å². The van der Waals surface area contributed by atoms with Gasteiger partial charge in [0.2, 0.25) is 0 Å². The molecule has 0 saturated heterocycles. The zero-order valence-corrected chi connectivity index (χ0v) is 12.3. The predicted molar refractivity (Wildman–Crippen MR) is 80.1 cm³/mol. The molecule has 0 saturated carbocycles. The van der Waals surface area contributed by atoms with E-state index in [2.05, 4.69) is 0 Å². The average molecular weight is 332 g/mol. The molecule has 0 spiro atoms. The fourth-order valence-corrected chi connectivity index (χ4v) is 2.46. The minimum absolute atomic E-state index is 0.0238. The van der Waals surface area contributed by atoms with Crippen LogP contribution in [0.15, 0.2) is 60.2 Å². The lowest BCUT2D eigenvalue weighted by atomic mass is 9.90. The lowest BCUT2D eigenvalue weighted by Gasteiger charge is -2.17. The molecule has 24 heavy (non-hydrogen) atoms. The number of hydrogen-bond acceptors (Lipinski definition) is 3. The molecule has 2 aromatic rings. The first-order valence-electron chi connectivity index (χ1n) is 7.05. The zero-order valence-electron chi connectivity index (χ0n) is 12.3. The van der Waals surface area contributed by atoms with Crippen LogP contribution in [0.1, 0.15) is 26.3 Å². The van der Waals surface area contributed by atoms with E-state index in [9.17, 15) is 22.8 Å². The van der Waals surface area contributed by atoms with Gasteiger partial charge in [-0.05, 0) is 18.2 Å². The molecule has 1 aliphatic rings. The Labute approximate surface area is 135 Å². The van der Waals surface area contributed by atoms with E-state index in [1.807, 2.05) is 0 Å². The number of carbonyl (C=O) groups excluding carboxylic acids is 2. The van der Waals surface area contributed by atoms with Gasteiger partial charge in [0, 0.05) is 16.7 Å². The van der Waals surface area contributed by atoms with Gasteiger partial charge in [-0.1, -0.05) is 36.4 Å². The molecule has 0 heterocycles. The van der Waals surface area contributed by atoms with E-state index in [0.717, 1.165) is 12.1 Å². The minimum Gasteiger partial charge on any atom is -0.488 e. The van der Waals surface area contributed by atoms with E-state index >= 15 is 0 Å². The van der Waals surface area contributed by atoms with Crippen LogP contribution in [0.4, 0.5) is 13.2 Å². The molecule has 0 aliphatic heterocycles. The Morgan fingerprint density at radius 1 is 0.875 bits per heavy atom. The van der Waals surface area contributed by atoms with E-state index in [1.165, 1.54) is 30.3 Å². The number of ether oxygens (including phenoxy) is 1. The molecule has 0 atom stereocenters. The second-order valence-electron chi connectivity index (χ2n) is 5.19. The van der Waals surface area contributed by atoms with E-state index in [1.54, 1.807) is 12.1 Å². The molecule has 0 unspecified atom stereocenters. The smallest absolute Gasteiger partial charge is 0.419 e. The van der Waals surface area contributed by atoms with Crippen LogP contribution < -0.4 is 4.74 Å². The van der Waals surface area contributed by atoms with Gasteiger partial charge in [0.05, 0.1) is 5.56 Å². The number of para-hydroxylation sites is 1. The first kappa shape index (κ1) is 16.0. The molecule has 0 bridgehead atoms. The number of rotatable bonds is 3. The fourth-order valence-electron chi connectivity index (χ4n) is 2.46. The molecule has 0 radical (unpaired) electrons. The Kier molecular flexibility index (Phi) is 3.97. The van der Waals surface area contributed by atoms with Crippen LogP contribution in [0.5, 0.6) is 5.75 Å². The van der Waals surface area contributed by atoms with Crippen LogP contribution in [0.3, 0.4) is 0 Å². The highest BCUT2D eigenvalue weighted by Crippen LogP contribution is 2.36. The highest BCUT2D eigenvalue weighted by molar-refractivity contribution is 6.24. The van der Waals surface area contributed by atoms with Crippen molar-refractivity contribution < 1.29 is 27.5 Å². The third kappa shape index (κ3) is 2.95. The molecule has 1 aliphatic carbocycles. The maximum absolute atomic E-state index is 12.9. The summed E-state index contributed by atoms with van der Waals surface area (Å²) >= 11 is 0. The molecular weight excluding hydrogens is 321 g/mol. The van der Waals surface area contributed by atoms with E-state index in [4.69, 9.17) is 4.74 Å². The number of fused-ring (bicyclic) bond motifs is 1. The van der Waals surface area contributed by atoms with E-state index in [0.29, 0.717) is 0 Å². The first-order chi connectivity index (χ1) is 11.4. The summed E-state index contributed by atoms with van der Waals surface area (Å²) < 4.78 is 44.0. The minimum atomic E-state index is -4.57. The molecule has 0 amide bonds. The van der Waals surface area contributed by atoms with Crippen molar-refractivity contribution in [2.45, 2.75) is 6.18 Å². The number of ketones is 2. The van der Waals surface area contributed by atoms with Crippen LogP contribution >= 0.6 is 0 Å². The quantitative estimate of drug-likeness (QED) is 0.850. The lowest BCUT2D eigenvalue weighted by Crippen LogP contribution is -2.21. The van der Waals surface area contributed by atoms with Gasteiger partial charge < -0.3 is 4.74 Å². The van der Waals surface area contributed by atoms with Gasteiger partial charge in [-0.25, -0.2) is 0 Å². The van der Waals surface area contributed by atoms with Gasteiger partial charge in [0.1, 0.15) is 12.4 Å². The standard InChI is InChI=1S/C18H11F3O3/c19-18(20,21)14-7-3-4-8-16(14)24-10-11-9-15(22)12-5-1-2-6-13(12)17(11)23/h1-9H,10H2. The summed E-state index contributed by atoms with van der Waals surface area (Å²) in [6, 6.07) is 11.0. The third-order valence-electron chi connectivity index (χ3n) is 3.61. The van der Waals surface area contributed by atoms with Crippen LogP contribution in [0, 0.1) is 0 Å². The summed E-state index contributed by atoms with van der Waals surface area (Å²) in [6.07, 6.45) is -3.45. The normalized spacial score (nSPS) is 14.2. The zero-order chi connectivity index (χ0) is 17.3. The maximum Gasteiger partial charge on any atom is 0.419 e. The van der Waals surface area contributed by atoms with Crippen molar-refractivity contribution >= 4 is 11.6 Å². The Balaban J connectivity index is 1.84. The van der Waals surface area contributed by atoms with E-state index in [-0.39, 0.29) is 28.2 Å². The Morgan fingerprint density at radius 2 is 1.50 bits per heavy atom. The number of carbonyl (C=O) groups is 2. The summed E-state index contributed by atoms with van der Waals surface area (Å²) in [5, 5.41) is 0. The molecule has 122 valence electrons. The third-order valence-corrected chi connectivity index (χ3v) is 3.61. The summed E-state index contributed by atoms with van der Waals surface area (Å²) in [7, 11) is 0. The molecule has 0 fully saturated rings. The highest BCUT2D eigenvalue weighted by atomic mass is 19.4. The van der Waals surface area contributed by atoms with Crippen LogP contribution in [-0.2, 0) is 6.18 Å². The predicted octanol–water partition coefficient (Wildman–Crippen LogP) is 4.09. The molecule has 0 N–H and O–H groups in total. The van der Waals surface area contributed by atoms with Crippen molar-refractivity contribution in [1.82, 2.24) is 0 Å². The number of hydrogen-bond donors (Lipinski definition) is 0. The number of alkyl halides is 3. The molecule has 3 nitrogen and oxygen atoms in total. The molecular formula is C18H11F3O3. The molecule has 2 aromatic carbocycles. The fraction of sp³-hybridized carbons (Fsp3) is 0.111. The Bertz CT molecular complexity index is 851. The van der Waals surface area contributed by atoms with Crippen LogP contribution in [-0.4, -0.2) is 18.2 Å². The molecule has 6 heteroatoms. The van der Waals surface area contributed by atoms with Gasteiger partial charge in [-0.2, -0.15) is 13.2 Å². The molecule has 3 rings (SSSR count). The van der Waals surface area contributed by atoms with Crippen molar-refractivity contribution in [1.29, 1.82) is 0 Å². The van der Waals surface area contributed by atoms with E-state index < -0.39 is 24.1 Å². The van der Waals surface area contributed by atoms with Crippen LogP contribution in [0.25, 0.3) is 0 Å². The van der Waals surface area contributed by atoms with Crippen molar-refractivity contribution in [2.24, 2.45) is 0 Å². The van der Waals surface area contributed by atoms with Gasteiger partial charge in [-0.3, -0.25) is 9.59 Å². The van der Waals surface area contributed by atoms with Crippen molar-refractivity contribution in [2.75, 3.05) is 6.61 Å². The number of allylic oxidation sites excluding steroid dienone is 1. The van der Waals surface area contributed by atoms with Gasteiger partial charge in [0.15, 0.2) is 11.6 Å². The van der Waals surface area contributed by atoms with Gasteiger partial charge >= 0.3 is 6.18 Å². The van der Waals surface area contributed by atoms with Crippen molar-refractivity contribution in [3.8, 4) is 5.75 Å². The molecule has 0 aromatic heterocycles. The Hall–Kier alpha value is -2.89. The summed E-state index contributed by atoms with van der Waals surface area (Å²) in [6.45, 7) is -0.411. The number of Topliss-reactive ketones (excluding diaryl/α,β-unsaturated/α-hetero) is 1.